The SMILES string of the molecule is COc1cc(NC(=O)C2CCCN(c3ccc(-n4nc(C)cc4C)nn3)C2)cc(OC)c1. The van der Waals surface area contributed by atoms with Crippen molar-refractivity contribution in [2.45, 2.75) is 26.7 Å². The number of methoxy groups -OCH3 is 2. The fourth-order valence-electron chi connectivity index (χ4n) is 3.98. The number of nitrogens with one attached hydrogen (secondary N) is 1. The number of amides is 1. The van der Waals surface area contributed by atoms with Crippen LogP contribution in [0.2, 0.25) is 0 Å². The van der Waals surface area contributed by atoms with Gasteiger partial charge in [-0.1, -0.05) is 0 Å². The third-order valence-electron chi connectivity index (χ3n) is 5.60. The highest BCUT2D eigenvalue weighted by Gasteiger charge is 2.27. The minimum Gasteiger partial charge on any atom is -0.497 e. The predicted molar refractivity (Wildman–Crippen MR) is 122 cm³/mol. The van der Waals surface area contributed by atoms with E-state index in [0.717, 1.165) is 36.6 Å². The zero-order valence-corrected chi connectivity index (χ0v) is 18.8. The maximum absolute atomic E-state index is 13.0. The maximum atomic E-state index is 13.0. The number of carbonyl (C=O) groups is 1. The van der Waals surface area contributed by atoms with E-state index >= 15 is 0 Å². The van der Waals surface area contributed by atoms with E-state index in [-0.39, 0.29) is 11.8 Å². The van der Waals surface area contributed by atoms with Gasteiger partial charge in [0.1, 0.15) is 11.5 Å². The lowest BCUT2D eigenvalue weighted by atomic mass is 9.97. The van der Waals surface area contributed by atoms with E-state index in [2.05, 4.69) is 25.5 Å². The number of ether oxygens (including phenoxy) is 2. The first-order chi connectivity index (χ1) is 15.5. The molecule has 1 N–H and O–H groups in total. The molecular weight excluding hydrogens is 408 g/mol. The van der Waals surface area contributed by atoms with Crippen LogP contribution in [-0.4, -0.2) is 53.2 Å². The van der Waals surface area contributed by atoms with Crippen molar-refractivity contribution in [1.82, 2.24) is 20.0 Å². The average molecular weight is 437 g/mol. The summed E-state index contributed by atoms with van der Waals surface area (Å²) in [6, 6.07) is 11.2. The standard InChI is InChI=1S/C23H28N6O3/c1-15-10-16(2)29(27-15)22-8-7-21(25-26-22)28-9-5-6-17(14-28)23(30)24-18-11-19(31-3)13-20(12-18)32-4/h7-8,10-13,17H,5-6,9,14H2,1-4H3,(H,24,30). The molecule has 0 bridgehead atoms. The first-order valence-electron chi connectivity index (χ1n) is 10.6. The Kier molecular flexibility index (Phi) is 6.25. The van der Waals surface area contributed by atoms with Gasteiger partial charge in [-0.2, -0.15) is 5.10 Å². The van der Waals surface area contributed by atoms with Crippen LogP contribution in [0.25, 0.3) is 5.82 Å². The third-order valence-corrected chi connectivity index (χ3v) is 5.60. The highest BCUT2D eigenvalue weighted by atomic mass is 16.5. The van der Waals surface area contributed by atoms with E-state index in [1.165, 1.54) is 0 Å². The van der Waals surface area contributed by atoms with E-state index in [0.29, 0.717) is 29.5 Å². The number of anilines is 2. The first-order valence-corrected chi connectivity index (χ1v) is 10.6. The van der Waals surface area contributed by atoms with Crippen molar-refractivity contribution in [3.05, 3.63) is 47.8 Å². The lowest BCUT2D eigenvalue weighted by Crippen LogP contribution is -2.41. The predicted octanol–water partition coefficient (Wildman–Crippen LogP) is 3.15. The topological polar surface area (TPSA) is 94.4 Å². The summed E-state index contributed by atoms with van der Waals surface area (Å²) in [5.41, 5.74) is 2.60. The molecule has 168 valence electrons. The molecule has 3 aromatic rings. The highest BCUT2D eigenvalue weighted by molar-refractivity contribution is 5.93. The van der Waals surface area contributed by atoms with Crippen LogP contribution in [0.15, 0.2) is 36.4 Å². The quantitative estimate of drug-likeness (QED) is 0.634. The molecule has 3 heterocycles. The van der Waals surface area contributed by atoms with Gasteiger partial charge in [-0.05, 0) is 44.9 Å². The molecule has 1 aliphatic rings. The number of hydrogen-bond donors (Lipinski definition) is 1. The van der Waals surface area contributed by atoms with Gasteiger partial charge in [-0.25, -0.2) is 4.68 Å². The van der Waals surface area contributed by atoms with E-state index in [1.807, 2.05) is 32.0 Å². The van der Waals surface area contributed by atoms with Crippen molar-refractivity contribution >= 4 is 17.4 Å². The maximum Gasteiger partial charge on any atom is 0.229 e. The summed E-state index contributed by atoms with van der Waals surface area (Å²) >= 11 is 0. The van der Waals surface area contributed by atoms with Crippen LogP contribution in [0.4, 0.5) is 11.5 Å². The summed E-state index contributed by atoms with van der Waals surface area (Å²) in [7, 11) is 3.17. The van der Waals surface area contributed by atoms with Crippen LogP contribution >= 0.6 is 0 Å². The van der Waals surface area contributed by atoms with Crippen LogP contribution < -0.4 is 19.7 Å². The van der Waals surface area contributed by atoms with Gasteiger partial charge in [-0.15, -0.1) is 10.2 Å². The zero-order chi connectivity index (χ0) is 22.7. The summed E-state index contributed by atoms with van der Waals surface area (Å²) in [6.07, 6.45) is 1.72. The van der Waals surface area contributed by atoms with Gasteiger partial charge in [0.2, 0.25) is 5.91 Å². The molecule has 0 radical (unpaired) electrons. The van der Waals surface area contributed by atoms with Crippen molar-refractivity contribution in [2.24, 2.45) is 5.92 Å². The second kappa shape index (κ2) is 9.25. The molecule has 1 unspecified atom stereocenters. The molecule has 2 aromatic heterocycles. The number of hydrogen-bond acceptors (Lipinski definition) is 7. The molecular formula is C23H28N6O3. The minimum absolute atomic E-state index is 0.0303. The Labute approximate surface area is 187 Å². The molecule has 9 heteroatoms. The molecule has 9 nitrogen and oxygen atoms in total. The van der Waals surface area contributed by atoms with Crippen molar-refractivity contribution in [1.29, 1.82) is 0 Å². The van der Waals surface area contributed by atoms with Gasteiger partial charge >= 0.3 is 0 Å². The number of carbonyl (C=O) groups excluding carboxylic acids is 1. The van der Waals surface area contributed by atoms with Crippen molar-refractivity contribution in [3.63, 3.8) is 0 Å². The third kappa shape index (κ3) is 4.66. The molecule has 1 saturated heterocycles. The van der Waals surface area contributed by atoms with Crippen LogP contribution in [0.1, 0.15) is 24.2 Å². The van der Waals surface area contributed by atoms with Gasteiger partial charge < -0.3 is 19.7 Å². The first kappa shape index (κ1) is 21.6. The fraction of sp³-hybridized carbons (Fsp3) is 0.391. The molecule has 1 amide bonds. The van der Waals surface area contributed by atoms with Crippen LogP contribution in [0, 0.1) is 19.8 Å². The van der Waals surface area contributed by atoms with Crippen molar-refractivity contribution < 1.29 is 14.3 Å². The molecule has 1 fully saturated rings. The molecule has 1 aliphatic heterocycles. The van der Waals surface area contributed by atoms with E-state index in [1.54, 1.807) is 37.1 Å². The normalized spacial score (nSPS) is 16.0. The smallest absolute Gasteiger partial charge is 0.229 e. The minimum atomic E-state index is -0.154. The van der Waals surface area contributed by atoms with Gasteiger partial charge in [0.05, 0.1) is 25.8 Å². The summed E-state index contributed by atoms with van der Waals surface area (Å²) in [5.74, 6) is 2.51. The lowest BCUT2D eigenvalue weighted by molar-refractivity contribution is -0.120. The second-order valence-electron chi connectivity index (χ2n) is 7.96. The number of aromatic nitrogens is 4. The van der Waals surface area contributed by atoms with E-state index < -0.39 is 0 Å². The molecule has 4 rings (SSSR count). The van der Waals surface area contributed by atoms with E-state index in [4.69, 9.17) is 9.47 Å². The molecule has 1 aromatic carbocycles. The van der Waals surface area contributed by atoms with Gasteiger partial charge in [0.25, 0.3) is 0 Å². The highest BCUT2D eigenvalue weighted by Crippen LogP contribution is 2.28. The lowest BCUT2D eigenvalue weighted by Gasteiger charge is -2.32. The molecule has 1 atom stereocenters. The number of piperidine rings is 1. The van der Waals surface area contributed by atoms with Crippen LogP contribution in [-0.2, 0) is 4.79 Å². The molecule has 32 heavy (non-hydrogen) atoms. The van der Waals surface area contributed by atoms with Crippen LogP contribution in [0.5, 0.6) is 11.5 Å². The van der Waals surface area contributed by atoms with Gasteiger partial charge in [0, 0.05) is 42.7 Å². The van der Waals surface area contributed by atoms with Crippen molar-refractivity contribution in [2.75, 3.05) is 37.5 Å². The Balaban J connectivity index is 1.44. The Morgan fingerprint density at radius 2 is 1.72 bits per heavy atom. The summed E-state index contributed by atoms with van der Waals surface area (Å²) in [4.78, 5) is 15.1. The van der Waals surface area contributed by atoms with Gasteiger partial charge in [0.15, 0.2) is 11.6 Å². The monoisotopic (exact) mass is 436 g/mol. The number of benzene rings is 1. The Bertz CT molecular complexity index is 1070. The van der Waals surface area contributed by atoms with Crippen LogP contribution in [0.3, 0.4) is 0 Å². The summed E-state index contributed by atoms with van der Waals surface area (Å²) < 4.78 is 12.4. The Morgan fingerprint density at radius 1 is 1.03 bits per heavy atom. The molecule has 0 saturated carbocycles. The van der Waals surface area contributed by atoms with Gasteiger partial charge in [-0.3, -0.25) is 4.79 Å². The average Bonchev–Trinajstić information content (AvgIpc) is 3.16. The molecule has 0 spiro atoms. The number of nitrogens with zero attached hydrogens (tertiary/aromatic N) is 5. The fourth-order valence-corrected chi connectivity index (χ4v) is 3.98. The second-order valence-corrected chi connectivity index (χ2v) is 7.96. The number of aryl methyl sites for hydroxylation is 2. The molecule has 0 aliphatic carbocycles. The summed E-state index contributed by atoms with van der Waals surface area (Å²) in [6.45, 7) is 5.36. The zero-order valence-electron chi connectivity index (χ0n) is 18.8. The summed E-state index contributed by atoms with van der Waals surface area (Å²) in [5, 5.41) is 16.2. The van der Waals surface area contributed by atoms with E-state index in [9.17, 15) is 4.79 Å². The number of rotatable bonds is 6. The largest absolute Gasteiger partial charge is 0.497 e. The Hall–Kier alpha value is -3.62. The Morgan fingerprint density at radius 3 is 2.31 bits per heavy atom. The van der Waals surface area contributed by atoms with Crippen molar-refractivity contribution in [3.8, 4) is 17.3 Å².